The fourth-order valence-electron chi connectivity index (χ4n) is 3.03. The Balaban J connectivity index is 1.71. The van der Waals surface area contributed by atoms with E-state index < -0.39 is 0 Å². The normalized spacial score (nSPS) is 21.3. The van der Waals surface area contributed by atoms with Gasteiger partial charge in [0.2, 0.25) is 0 Å². The molecule has 1 aliphatic rings. The first kappa shape index (κ1) is 16.8. The van der Waals surface area contributed by atoms with Crippen molar-refractivity contribution in [1.82, 2.24) is 5.32 Å². The van der Waals surface area contributed by atoms with Gasteiger partial charge in [0, 0.05) is 31.9 Å². The molecule has 0 bridgehead atoms. The monoisotopic (exact) mass is 300 g/mol. The number of benzene rings is 1. The summed E-state index contributed by atoms with van der Waals surface area (Å²) in [5.74, 6) is 0.788. The van der Waals surface area contributed by atoms with Gasteiger partial charge in [-0.2, -0.15) is 5.26 Å². The van der Waals surface area contributed by atoms with Crippen LogP contribution < -0.4 is 16.0 Å². The van der Waals surface area contributed by atoms with E-state index in [2.05, 4.69) is 40.6 Å². The second-order valence-corrected chi connectivity index (χ2v) is 6.41. The number of nitrogens with two attached hydrogens (primary N) is 1. The van der Waals surface area contributed by atoms with Gasteiger partial charge in [0.15, 0.2) is 0 Å². The van der Waals surface area contributed by atoms with Crippen molar-refractivity contribution in [2.24, 2.45) is 11.7 Å². The Morgan fingerprint density at radius 2 is 1.91 bits per heavy atom. The molecule has 3 N–H and O–H groups in total. The average Bonchev–Trinajstić information content (AvgIpc) is 2.55. The van der Waals surface area contributed by atoms with Crippen molar-refractivity contribution in [3.63, 3.8) is 0 Å². The average molecular weight is 300 g/mol. The van der Waals surface area contributed by atoms with Crippen LogP contribution in [-0.4, -0.2) is 26.2 Å². The van der Waals surface area contributed by atoms with Crippen LogP contribution in [0.4, 0.5) is 5.69 Å². The van der Waals surface area contributed by atoms with Gasteiger partial charge in [-0.25, -0.2) is 0 Å². The molecule has 1 saturated carbocycles. The first-order chi connectivity index (χ1) is 10.7. The number of anilines is 1. The largest absolute Gasteiger partial charge is 0.374 e. The van der Waals surface area contributed by atoms with Gasteiger partial charge < -0.3 is 16.0 Å². The Hall–Kier alpha value is -1.57. The topological polar surface area (TPSA) is 65.1 Å². The first-order valence-electron chi connectivity index (χ1n) is 8.32. The van der Waals surface area contributed by atoms with Crippen molar-refractivity contribution in [1.29, 1.82) is 5.26 Å². The minimum absolute atomic E-state index is 0.432. The van der Waals surface area contributed by atoms with E-state index in [4.69, 9.17) is 11.0 Å². The van der Waals surface area contributed by atoms with Crippen molar-refractivity contribution in [2.45, 2.75) is 44.7 Å². The van der Waals surface area contributed by atoms with Gasteiger partial charge >= 0.3 is 0 Å². The van der Waals surface area contributed by atoms with Crippen LogP contribution in [0.15, 0.2) is 24.3 Å². The molecule has 0 spiro atoms. The van der Waals surface area contributed by atoms with Crippen molar-refractivity contribution in [3.05, 3.63) is 29.8 Å². The molecule has 0 aliphatic heterocycles. The molecular weight excluding hydrogens is 272 g/mol. The third kappa shape index (κ3) is 5.32. The SMILES string of the molecule is CN(CCC#N)c1ccc(CNCC2CCC(N)CC2)cc1. The molecule has 0 saturated heterocycles. The fourth-order valence-corrected chi connectivity index (χ4v) is 3.03. The smallest absolute Gasteiger partial charge is 0.0640 e. The summed E-state index contributed by atoms with van der Waals surface area (Å²) in [5.41, 5.74) is 8.42. The molecule has 0 aromatic heterocycles. The van der Waals surface area contributed by atoms with Crippen LogP contribution in [-0.2, 0) is 6.54 Å². The standard InChI is InChI=1S/C18H28N4/c1-22(12-2-11-19)18-9-5-16(6-10-18)14-21-13-15-3-7-17(20)8-4-15/h5-6,9-10,15,17,21H,2-4,7-8,12-14,20H2,1H3. The van der Waals surface area contributed by atoms with E-state index in [1.165, 1.54) is 36.9 Å². The molecule has 0 unspecified atom stereocenters. The molecule has 0 atom stereocenters. The van der Waals surface area contributed by atoms with E-state index in [0.29, 0.717) is 12.5 Å². The van der Waals surface area contributed by atoms with Crippen LogP contribution in [0.25, 0.3) is 0 Å². The number of nitriles is 1. The summed E-state index contributed by atoms with van der Waals surface area (Å²) in [4.78, 5) is 2.12. The minimum atomic E-state index is 0.432. The third-order valence-corrected chi connectivity index (χ3v) is 4.59. The zero-order valence-corrected chi connectivity index (χ0v) is 13.6. The Kier molecular flexibility index (Phi) is 6.70. The Bertz CT molecular complexity index is 469. The maximum absolute atomic E-state index is 8.63. The Labute approximate surface area is 134 Å². The highest BCUT2D eigenvalue weighted by Crippen LogP contribution is 2.22. The summed E-state index contributed by atoms with van der Waals surface area (Å²) in [7, 11) is 2.03. The number of rotatable bonds is 7. The van der Waals surface area contributed by atoms with Crippen LogP contribution >= 0.6 is 0 Å². The highest BCUT2D eigenvalue weighted by Gasteiger charge is 2.17. The summed E-state index contributed by atoms with van der Waals surface area (Å²) >= 11 is 0. The molecule has 0 amide bonds. The minimum Gasteiger partial charge on any atom is -0.374 e. The first-order valence-corrected chi connectivity index (χ1v) is 8.32. The Morgan fingerprint density at radius 3 is 2.55 bits per heavy atom. The van der Waals surface area contributed by atoms with Crippen LogP contribution in [0, 0.1) is 17.2 Å². The lowest BCUT2D eigenvalue weighted by molar-refractivity contribution is 0.314. The predicted octanol–water partition coefficient (Wildman–Crippen LogP) is 2.64. The molecular formula is C18H28N4. The van der Waals surface area contributed by atoms with E-state index >= 15 is 0 Å². The van der Waals surface area contributed by atoms with Crippen LogP contribution in [0.1, 0.15) is 37.7 Å². The second kappa shape index (κ2) is 8.77. The van der Waals surface area contributed by atoms with Gasteiger partial charge in [-0.05, 0) is 55.8 Å². The molecule has 4 heteroatoms. The number of nitrogens with one attached hydrogen (secondary N) is 1. The van der Waals surface area contributed by atoms with Gasteiger partial charge in [0.25, 0.3) is 0 Å². The van der Waals surface area contributed by atoms with Gasteiger partial charge in [-0.15, -0.1) is 0 Å². The van der Waals surface area contributed by atoms with Crippen LogP contribution in [0.2, 0.25) is 0 Å². The van der Waals surface area contributed by atoms with Crippen molar-refractivity contribution in [3.8, 4) is 6.07 Å². The predicted molar refractivity (Wildman–Crippen MR) is 91.6 cm³/mol. The molecule has 1 aromatic rings. The second-order valence-electron chi connectivity index (χ2n) is 6.41. The van der Waals surface area contributed by atoms with Gasteiger partial charge in [-0.3, -0.25) is 0 Å². The number of hydrogen-bond acceptors (Lipinski definition) is 4. The van der Waals surface area contributed by atoms with Crippen LogP contribution in [0.5, 0.6) is 0 Å². The lowest BCUT2D eigenvalue weighted by Gasteiger charge is -2.26. The maximum atomic E-state index is 8.63. The molecule has 120 valence electrons. The lowest BCUT2D eigenvalue weighted by atomic mass is 9.86. The van der Waals surface area contributed by atoms with Gasteiger partial charge in [0.05, 0.1) is 12.5 Å². The highest BCUT2D eigenvalue weighted by molar-refractivity contribution is 5.46. The van der Waals surface area contributed by atoms with E-state index in [0.717, 1.165) is 25.6 Å². The molecule has 1 fully saturated rings. The van der Waals surface area contributed by atoms with E-state index in [1.54, 1.807) is 0 Å². The van der Waals surface area contributed by atoms with Crippen molar-refractivity contribution < 1.29 is 0 Å². The van der Waals surface area contributed by atoms with Crippen molar-refractivity contribution in [2.75, 3.05) is 25.0 Å². The summed E-state index contributed by atoms with van der Waals surface area (Å²) in [6, 6.07) is 11.2. The molecule has 2 rings (SSSR count). The third-order valence-electron chi connectivity index (χ3n) is 4.59. The van der Waals surface area contributed by atoms with Crippen molar-refractivity contribution >= 4 is 5.69 Å². The van der Waals surface area contributed by atoms with Gasteiger partial charge in [-0.1, -0.05) is 12.1 Å². The summed E-state index contributed by atoms with van der Waals surface area (Å²) in [5, 5.41) is 12.2. The summed E-state index contributed by atoms with van der Waals surface area (Å²) in [6.45, 7) is 2.79. The summed E-state index contributed by atoms with van der Waals surface area (Å²) in [6.07, 6.45) is 5.44. The van der Waals surface area contributed by atoms with E-state index in [1.807, 2.05) is 7.05 Å². The molecule has 1 aromatic carbocycles. The quantitative estimate of drug-likeness (QED) is 0.812. The molecule has 1 aliphatic carbocycles. The molecule has 0 radical (unpaired) electrons. The fraction of sp³-hybridized carbons (Fsp3) is 0.611. The zero-order chi connectivity index (χ0) is 15.8. The molecule has 4 nitrogen and oxygen atoms in total. The summed E-state index contributed by atoms with van der Waals surface area (Å²) < 4.78 is 0. The number of hydrogen-bond donors (Lipinski definition) is 2. The lowest BCUT2D eigenvalue weighted by Crippen LogP contribution is -2.31. The maximum Gasteiger partial charge on any atom is 0.0640 e. The van der Waals surface area contributed by atoms with Gasteiger partial charge in [0.1, 0.15) is 0 Å². The van der Waals surface area contributed by atoms with Crippen LogP contribution in [0.3, 0.4) is 0 Å². The van der Waals surface area contributed by atoms with E-state index in [9.17, 15) is 0 Å². The Morgan fingerprint density at radius 1 is 1.23 bits per heavy atom. The highest BCUT2D eigenvalue weighted by atomic mass is 15.1. The zero-order valence-electron chi connectivity index (χ0n) is 13.6. The van der Waals surface area contributed by atoms with E-state index in [-0.39, 0.29) is 0 Å². The molecule has 22 heavy (non-hydrogen) atoms. The molecule has 0 heterocycles. The number of nitrogens with zero attached hydrogens (tertiary/aromatic N) is 2.